The number of rotatable bonds is 5. The highest BCUT2D eigenvalue weighted by Crippen LogP contribution is 2.33. The van der Waals surface area contributed by atoms with Crippen molar-refractivity contribution in [1.82, 2.24) is 4.98 Å². The standard InChI is InChI=1S/C24H27N3O4S/c1-15-9-12-21(16(2)26-15)31-22-13-17(24(3,4)5)10-11-20(22)23(28)27-18-7-6-8-19(14-18)32(25,29)30/h6-14H,1-5H3,(H,27,28)(H2,25,29,30). The van der Waals surface area contributed by atoms with Gasteiger partial charge in [-0.15, -0.1) is 0 Å². The zero-order valence-corrected chi connectivity index (χ0v) is 19.6. The lowest BCUT2D eigenvalue weighted by molar-refractivity contribution is 0.102. The van der Waals surface area contributed by atoms with Gasteiger partial charge in [-0.2, -0.15) is 0 Å². The number of nitrogens with one attached hydrogen (secondary N) is 1. The minimum absolute atomic E-state index is 0.0868. The van der Waals surface area contributed by atoms with Crippen LogP contribution in [0.1, 0.15) is 48.1 Å². The number of sulfonamides is 1. The van der Waals surface area contributed by atoms with E-state index in [1.54, 1.807) is 12.1 Å². The van der Waals surface area contributed by atoms with Crippen molar-refractivity contribution >= 4 is 21.6 Å². The molecule has 3 aromatic rings. The van der Waals surface area contributed by atoms with Crippen molar-refractivity contribution < 1.29 is 17.9 Å². The topological polar surface area (TPSA) is 111 Å². The summed E-state index contributed by atoms with van der Waals surface area (Å²) in [4.78, 5) is 17.4. The molecular formula is C24H27N3O4S. The maximum Gasteiger partial charge on any atom is 0.259 e. The first-order valence-electron chi connectivity index (χ1n) is 10.1. The van der Waals surface area contributed by atoms with Crippen LogP contribution in [0.25, 0.3) is 0 Å². The molecule has 0 unspecified atom stereocenters. The van der Waals surface area contributed by atoms with Crippen LogP contribution in [0.4, 0.5) is 5.69 Å². The predicted molar refractivity (Wildman–Crippen MR) is 125 cm³/mol. The Hall–Kier alpha value is -3.23. The quantitative estimate of drug-likeness (QED) is 0.582. The fourth-order valence-corrected chi connectivity index (χ4v) is 3.67. The van der Waals surface area contributed by atoms with E-state index >= 15 is 0 Å². The molecule has 0 aliphatic rings. The van der Waals surface area contributed by atoms with E-state index in [9.17, 15) is 13.2 Å². The van der Waals surface area contributed by atoms with Crippen LogP contribution in [-0.4, -0.2) is 19.3 Å². The summed E-state index contributed by atoms with van der Waals surface area (Å²) in [6.07, 6.45) is 0. The van der Waals surface area contributed by atoms with Gasteiger partial charge in [0.15, 0.2) is 0 Å². The molecule has 0 saturated carbocycles. The van der Waals surface area contributed by atoms with Crippen molar-refractivity contribution in [3.8, 4) is 11.5 Å². The minimum Gasteiger partial charge on any atom is -0.455 e. The molecule has 0 saturated heterocycles. The summed E-state index contributed by atoms with van der Waals surface area (Å²) in [5.41, 5.74) is 3.03. The third-order valence-corrected chi connectivity index (χ3v) is 5.82. The van der Waals surface area contributed by atoms with E-state index in [4.69, 9.17) is 9.88 Å². The molecule has 0 aliphatic carbocycles. The summed E-state index contributed by atoms with van der Waals surface area (Å²) in [6.45, 7) is 9.95. The third kappa shape index (κ3) is 5.52. The molecule has 0 radical (unpaired) electrons. The predicted octanol–water partition coefficient (Wildman–Crippen LogP) is 4.69. The van der Waals surface area contributed by atoms with Crippen LogP contribution in [0.3, 0.4) is 0 Å². The normalized spacial score (nSPS) is 11.8. The van der Waals surface area contributed by atoms with Gasteiger partial charge in [-0.3, -0.25) is 9.78 Å². The van der Waals surface area contributed by atoms with Gasteiger partial charge in [-0.25, -0.2) is 13.6 Å². The molecule has 0 spiro atoms. The Morgan fingerprint density at radius 3 is 2.34 bits per heavy atom. The number of pyridine rings is 1. The summed E-state index contributed by atoms with van der Waals surface area (Å²) in [5.74, 6) is 0.489. The number of hydrogen-bond acceptors (Lipinski definition) is 5. The zero-order chi connectivity index (χ0) is 23.7. The molecule has 7 nitrogen and oxygen atoms in total. The maximum absolute atomic E-state index is 13.1. The van der Waals surface area contributed by atoms with E-state index in [0.29, 0.717) is 28.4 Å². The average molecular weight is 454 g/mol. The van der Waals surface area contributed by atoms with Crippen molar-refractivity contribution in [2.45, 2.75) is 44.9 Å². The first-order valence-corrected chi connectivity index (χ1v) is 11.6. The summed E-state index contributed by atoms with van der Waals surface area (Å²) in [7, 11) is -3.89. The fourth-order valence-electron chi connectivity index (χ4n) is 3.11. The van der Waals surface area contributed by atoms with E-state index in [1.807, 2.05) is 38.1 Å². The molecule has 3 N–H and O–H groups in total. The van der Waals surface area contributed by atoms with Crippen molar-refractivity contribution in [3.05, 3.63) is 77.1 Å². The maximum atomic E-state index is 13.1. The summed E-state index contributed by atoms with van der Waals surface area (Å²) >= 11 is 0. The Morgan fingerprint density at radius 1 is 1.00 bits per heavy atom. The number of aryl methyl sites for hydroxylation is 2. The number of benzene rings is 2. The van der Waals surface area contributed by atoms with Gasteiger partial charge in [0, 0.05) is 11.4 Å². The molecular weight excluding hydrogens is 426 g/mol. The van der Waals surface area contributed by atoms with E-state index in [-0.39, 0.29) is 10.3 Å². The van der Waals surface area contributed by atoms with Crippen LogP contribution < -0.4 is 15.2 Å². The number of nitrogens with two attached hydrogens (primary N) is 1. The monoisotopic (exact) mass is 453 g/mol. The lowest BCUT2D eigenvalue weighted by Gasteiger charge is -2.21. The van der Waals surface area contributed by atoms with Crippen LogP contribution in [0.5, 0.6) is 11.5 Å². The highest BCUT2D eigenvalue weighted by molar-refractivity contribution is 7.89. The smallest absolute Gasteiger partial charge is 0.259 e. The minimum atomic E-state index is -3.89. The van der Waals surface area contributed by atoms with Crippen LogP contribution in [0, 0.1) is 13.8 Å². The van der Waals surface area contributed by atoms with Crippen molar-refractivity contribution in [2.75, 3.05) is 5.32 Å². The summed E-state index contributed by atoms with van der Waals surface area (Å²) in [6, 6.07) is 14.9. The summed E-state index contributed by atoms with van der Waals surface area (Å²) in [5, 5.41) is 7.92. The van der Waals surface area contributed by atoms with Gasteiger partial charge in [0.25, 0.3) is 5.91 Å². The molecule has 32 heavy (non-hydrogen) atoms. The van der Waals surface area contributed by atoms with Crippen molar-refractivity contribution in [3.63, 3.8) is 0 Å². The van der Waals surface area contributed by atoms with Crippen LogP contribution in [0.2, 0.25) is 0 Å². The van der Waals surface area contributed by atoms with E-state index in [1.165, 1.54) is 18.2 Å². The molecule has 0 aliphatic heterocycles. The second kappa shape index (κ2) is 8.72. The Morgan fingerprint density at radius 2 is 1.72 bits per heavy atom. The summed E-state index contributed by atoms with van der Waals surface area (Å²) < 4.78 is 29.4. The Balaban J connectivity index is 2.00. The molecule has 0 fully saturated rings. The highest BCUT2D eigenvalue weighted by Gasteiger charge is 2.21. The average Bonchev–Trinajstić information content (AvgIpc) is 2.69. The Kier molecular flexibility index (Phi) is 6.39. The molecule has 1 heterocycles. The lowest BCUT2D eigenvalue weighted by Crippen LogP contribution is -2.17. The molecule has 0 bridgehead atoms. The number of hydrogen-bond donors (Lipinski definition) is 2. The Labute approximate surface area is 188 Å². The number of primary sulfonamides is 1. The molecule has 8 heteroatoms. The second-order valence-corrected chi connectivity index (χ2v) is 10.2. The fraction of sp³-hybridized carbons (Fsp3) is 0.250. The SMILES string of the molecule is Cc1ccc(Oc2cc(C(C)(C)C)ccc2C(=O)Nc2cccc(S(N)(=O)=O)c2)c(C)n1. The largest absolute Gasteiger partial charge is 0.455 e. The lowest BCUT2D eigenvalue weighted by atomic mass is 9.86. The number of amides is 1. The molecule has 1 aromatic heterocycles. The Bertz CT molecular complexity index is 1280. The van der Waals surface area contributed by atoms with Gasteiger partial charge in [0.2, 0.25) is 10.0 Å². The molecule has 168 valence electrons. The van der Waals surface area contributed by atoms with Gasteiger partial charge in [-0.05, 0) is 67.3 Å². The molecule has 3 rings (SSSR count). The van der Waals surface area contributed by atoms with Crippen molar-refractivity contribution in [1.29, 1.82) is 0 Å². The van der Waals surface area contributed by atoms with E-state index < -0.39 is 15.9 Å². The van der Waals surface area contributed by atoms with E-state index in [2.05, 4.69) is 31.1 Å². The highest BCUT2D eigenvalue weighted by atomic mass is 32.2. The second-order valence-electron chi connectivity index (χ2n) is 8.63. The van der Waals surface area contributed by atoms with Crippen molar-refractivity contribution in [2.24, 2.45) is 5.14 Å². The number of carbonyl (C=O) groups is 1. The number of nitrogens with zero attached hydrogens (tertiary/aromatic N) is 1. The zero-order valence-electron chi connectivity index (χ0n) is 18.8. The van der Waals surface area contributed by atoms with Gasteiger partial charge in [-0.1, -0.05) is 32.9 Å². The number of anilines is 1. The number of aromatic nitrogens is 1. The first-order chi connectivity index (χ1) is 14.8. The van der Waals surface area contributed by atoms with Crippen LogP contribution in [0.15, 0.2) is 59.5 Å². The van der Waals surface area contributed by atoms with Crippen LogP contribution >= 0.6 is 0 Å². The van der Waals surface area contributed by atoms with Gasteiger partial charge in [0.1, 0.15) is 11.5 Å². The number of carbonyl (C=O) groups excluding carboxylic acids is 1. The van der Waals surface area contributed by atoms with Gasteiger partial charge in [0.05, 0.1) is 16.2 Å². The van der Waals surface area contributed by atoms with Gasteiger partial charge < -0.3 is 10.1 Å². The number of ether oxygens (including phenoxy) is 1. The molecule has 0 atom stereocenters. The van der Waals surface area contributed by atoms with Crippen LogP contribution in [-0.2, 0) is 15.4 Å². The third-order valence-electron chi connectivity index (χ3n) is 4.91. The van der Waals surface area contributed by atoms with E-state index in [0.717, 1.165) is 11.3 Å². The molecule has 2 aromatic carbocycles. The van der Waals surface area contributed by atoms with Gasteiger partial charge >= 0.3 is 0 Å². The molecule has 1 amide bonds. The first kappa shape index (κ1) is 23.4.